The number of hydrogen-bond donors (Lipinski definition) is 0. The monoisotopic (exact) mass is 582 g/mol. The lowest BCUT2D eigenvalue weighted by Gasteiger charge is -2.54. The average molecular weight is 583 g/mol. The van der Waals surface area contributed by atoms with Gasteiger partial charge in [0, 0.05) is 5.92 Å². The van der Waals surface area contributed by atoms with E-state index in [9.17, 15) is 14.4 Å². The van der Waals surface area contributed by atoms with Gasteiger partial charge in [0.1, 0.15) is 0 Å². The van der Waals surface area contributed by atoms with Crippen LogP contribution in [0, 0.1) is 39.9 Å². The van der Waals surface area contributed by atoms with E-state index in [4.69, 9.17) is 23.1 Å². The molecule has 0 saturated heterocycles. The van der Waals surface area contributed by atoms with Crippen LogP contribution in [0.15, 0.2) is 0 Å². The Hall–Kier alpha value is -1.24. The van der Waals surface area contributed by atoms with Crippen LogP contribution in [-0.4, -0.2) is 67.6 Å². The van der Waals surface area contributed by atoms with Crippen LogP contribution in [0.5, 0.6) is 0 Å². The van der Waals surface area contributed by atoms with Crippen LogP contribution in [-0.2, 0) is 37.4 Å². The predicted molar refractivity (Wildman–Crippen MR) is 152 cm³/mol. The molecule has 0 aromatic heterocycles. The third-order valence-electron chi connectivity index (χ3n) is 10.6. The van der Waals surface area contributed by atoms with E-state index < -0.39 is 62.4 Å². The molecule has 0 N–H and O–H groups in total. The minimum Gasteiger partial charge on any atom is -0.469 e. The average Bonchev–Trinajstić information content (AvgIpc) is 3.21. The number of rotatable bonds is 7. The summed E-state index contributed by atoms with van der Waals surface area (Å²) in [7, 11) is 0.165. The minimum atomic E-state index is -2.12. The van der Waals surface area contributed by atoms with Gasteiger partial charge in [-0.2, -0.15) is 0 Å². The molecular weight excluding hydrogens is 532 g/mol. The topological polar surface area (TPSA) is 97.4 Å². The molecule has 39 heavy (non-hydrogen) atoms. The highest BCUT2D eigenvalue weighted by atomic mass is 28.4. The lowest BCUT2D eigenvalue weighted by molar-refractivity contribution is -0.194. The first kappa shape index (κ1) is 30.7. The molecule has 4 aliphatic carbocycles. The van der Waals surface area contributed by atoms with Gasteiger partial charge in [-0.1, -0.05) is 0 Å². The van der Waals surface area contributed by atoms with E-state index in [1.807, 2.05) is 6.92 Å². The fraction of sp³-hybridized carbons (Fsp3) is 0.897. The largest absolute Gasteiger partial charge is 0.469 e. The third-order valence-corrected chi connectivity index (χ3v) is 12.7. The lowest BCUT2D eigenvalue weighted by Crippen LogP contribution is -2.62. The van der Waals surface area contributed by atoms with E-state index in [1.165, 1.54) is 21.3 Å². The molecule has 9 atom stereocenters. The van der Waals surface area contributed by atoms with Gasteiger partial charge in [-0.25, -0.2) is 0 Å². The van der Waals surface area contributed by atoms with Crippen molar-refractivity contribution in [1.82, 2.24) is 0 Å². The van der Waals surface area contributed by atoms with Gasteiger partial charge in [0.15, 0.2) is 16.6 Å². The number of esters is 3. The van der Waals surface area contributed by atoms with E-state index >= 15 is 0 Å². The quantitative estimate of drug-likeness (QED) is 0.230. The molecule has 0 aromatic rings. The summed E-state index contributed by atoms with van der Waals surface area (Å²) in [5.74, 6) is -2.36. The smallest absolute Gasteiger partial charge is 0.314 e. The van der Waals surface area contributed by atoms with E-state index in [-0.39, 0.29) is 23.8 Å². The number of ether oxygens (including phenoxy) is 3. The number of methoxy groups -OCH3 is 3. The number of hydrogen-bond acceptors (Lipinski definition) is 8. The van der Waals surface area contributed by atoms with Gasteiger partial charge < -0.3 is 23.1 Å². The van der Waals surface area contributed by atoms with Gasteiger partial charge in [-0.15, -0.1) is 0 Å². The standard InChI is InChI=1S/C29H50O8Si2/c1-26(37-39(9,10)11)17-28-16-18(26)12-13-19(28)29(25(32)35-5)15-14-20(36-38(6,7)8)27(2,24(31)34-4)22(29)21(28)23(30)33-3/h18-22H,12-17H2,1-11H3. The first-order valence-electron chi connectivity index (χ1n) is 14.5. The van der Waals surface area contributed by atoms with Crippen molar-refractivity contribution in [2.75, 3.05) is 21.3 Å². The molecule has 4 saturated carbocycles. The zero-order valence-electron chi connectivity index (χ0n) is 25.9. The van der Waals surface area contributed by atoms with Crippen LogP contribution in [0.25, 0.3) is 0 Å². The Morgan fingerprint density at radius 2 is 1.41 bits per heavy atom. The van der Waals surface area contributed by atoms with Crippen molar-refractivity contribution in [3.63, 3.8) is 0 Å². The Bertz CT molecular complexity index is 1020. The maximum atomic E-state index is 14.2. The molecule has 9 unspecified atom stereocenters. The Morgan fingerprint density at radius 3 is 1.92 bits per heavy atom. The highest BCUT2D eigenvalue weighted by molar-refractivity contribution is 6.70. The van der Waals surface area contributed by atoms with Crippen molar-refractivity contribution in [3.05, 3.63) is 0 Å². The summed E-state index contributed by atoms with van der Waals surface area (Å²) in [5, 5.41) is 0. The molecule has 4 rings (SSSR count). The van der Waals surface area contributed by atoms with Crippen molar-refractivity contribution >= 4 is 34.5 Å². The summed E-state index contributed by atoms with van der Waals surface area (Å²) in [6.07, 6.45) is 3.67. The summed E-state index contributed by atoms with van der Waals surface area (Å²) >= 11 is 0. The molecule has 0 aliphatic heterocycles. The molecular formula is C29H50O8Si2. The van der Waals surface area contributed by atoms with Gasteiger partial charge in [0.25, 0.3) is 0 Å². The molecule has 8 nitrogen and oxygen atoms in total. The molecule has 222 valence electrons. The maximum Gasteiger partial charge on any atom is 0.314 e. The van der Waals surface area contributed by atoms with Crippen LogP contribution in [0.4, 0.5) is 0 Å². The summed E-state index contributed by atoms with van der Waals surface area (Å²) < 4.78 is 30.2. The van der Waals surface area contributed by atoms with E-state index in [1.54, 1.807) is 0 Å². The van der Waals surface area contributed by atoms with Crippen molar-refractivity contribution in [2.24, 2.45) is 39.9 Å². The Kier molecular flexibility index (Phi) is 7.61. The van der Waals surface area contributed by atoms with Crippen LogP contribution < -0.4 is 0 Å². The van der Waals surface area contributed by atoms with E-state index in [0.717, 1.165) is 19.3 Å². The third kappa shape index (κ3) is 4.46. The molecule has 4 aliphatic rings. The predicted octanol–water partition coefficient (Wildman–Crippen LogP) is 5.17. The van der Waals surface area contributed by atoms with Crippen molar-refractivity contribution in [3.8, 4) is 0 Å². The van der Waals surface area contributed by atoms with Gasteiger partial charge in [-0.05, 0) is 109 Å². The molecule has 10 heteroatoms. The van der Waals surface area contributed by atoms with E-state index in [0.29, 0.717) is 19.3 Å². The summed E-state index contributed by atoms with van der Waals surface area (Å²) in [6.45, 7) is 16.9. The summed E-state index contributed by atoms with van der Waals surface area (Å²) in [6, 6.07) is 0. The first-order chi connectivity index (χ1) is 17.9. The molecule has 0 amide bonds. The van der Waals surface area contributed by atoms with Crippen LogP contribution >= 0.6 is 0 Å². The van der Waals surface area contributed by atoms with Crippen molar-refractivity contribution in [2.45, 2.75) is 103 Å². The Balaban J connectivity index is 2.00. The van der Waals surface area contributed by atoms with Crippen molar-refractivity contribution in [1.29, 1.82) is 0 Å². The number of carbonyl (C=O) groups excluding carboxylic acids is 3. The van der Waals surface area contributed by atoms with Gasteiger partial charge in [0.05, 0.1) is 49.8 Å². The second-order valence-corrected chi connectivity index (χ2v) is 23.9. The molecule has 0 heterocycles. The maximum absolute atomic E-state index is 14.2. The molecule has 1 spiro atoms. The van der Waals surface area contributed by atoms with Gasteiger partial charge in [-0.3, -0.25) is 14.4 Å². The van der Waals surface area contributed by atoms with E-state index in [2.05, 4.69) is 46.2 Å². The Morgan fingerprint density at radius 1 is 0.795 bits per heavy atom. The SMILES string of the molecule is COC(=O)C1C2C(C)(C(=O)OC)C(O[Si](C)(C)C)CCC2(C(=O)OC)C2CCC3CC12CC3(C)O[Si](C)(C)C. The fourth-order valence-electron chi connectivity index (χ4n) is 9.99. The summed E-state index contributed by atoms with van der Waals surface area (Å²) in [4.78, 5) is 42.2. The first-order valence-corrected chi connectivity index (χ1v) is 21.3. The highest BCUT2D eigenvalue weighted by Gasteiger charge is 2.82. The van der Waals surface area contributed by atoms with Crippen LogP contribution in [0.2, 0.25) is 39.3 Å². The van der Waals surface area contributed by atoms with Gasteiger partial charge >= 0.3 is 17.9 Å². The van der Waals surface area contributed by atoms with Gasteiger partial charge in [0.2, 0.25) is 0 Å². The normalized spacial score (nSPS) is 43.3. The highest BCUT2D eigenvalue weighted by Crippen LogP contribution is 2.79. The molecule has 0 aromatic carbocycles. The molecule has 2 bridgehead atoms. The number of fused-ring (bicyclic) bond motifs is 3. The van der Waals surface area contributed by atoms with Crippen molar-refractivity contribution < 1.29 is 37.4 Å². The zero-order chi connectivity index (χ0) is 29.4. The van der Waals surface area contributed by atoms with Crippen LogP contribution in [0.3, 0.4) is 0 Å². The Labute approximate surface area is 236 Å². The molecule has 4 fully saturated rings. The second-order valence-electron chi connectivity index (χ2n) is 15.0. The fourth-order valence-corrected chi connectivity index (χ4v) is 12.8. The van der Waals surface area contributed by atoms with Crippen LogP contribution in [0.1, 0.15) is 52.4 Å². The second kappa shape index (κ2) is 9.66. The molecule has 0 radical (unpaired) electrons. The lowest BCUT2D eigenvalue weighted by atomic mass is 9.51. The number of carbonyl (C=O) groups is 3. The summed E-state index contributed by atoms with van der Waals surface area (Å²) in [5.41, 5.74) is -3.22. The zero-order valence-corrected chi connectivity index (χ0v) is 27.9. The minimum absolute atomic E-state index is 0.133.